The second-order valence-corrected chi connectivity index (χ2v) is 26.0. The molecule has 108 heavy (non-hydrogen) atoms. The molecule has 0 bridgehead atoms. The normalized spacial score (nSPS) is 11.7. The van der Waals surface area contributed by atoms with Crippen molar-refractivity contribution in [3.05, 3.63) is 315 Å². The summed E-state index contributed by atoms with van der Waals surface area (Å²) in [5, 5.41) is 0. The van der Waals surface area contributed by atoms with Gasteiger partial charge in [-0.15, -0.1) is 0 Å². The van der Waals surface area contributed by atoms with Crippen molar-refractivity contribution in [2.75, 3.05) is 0 Å². The summed E-state index contributed by atoms with van der Waals surface area (Å²) in [7, 11) is 0. The zero-order valence-electron chi connectivity index (χ0n) is 56.9. The number of nitrogens with zero attached hydrogens (tertiary/aromatic N) is 14. The number of fused-ring (bicyclic) bond motifs is 10. The third-order valence-corrected chi connectivity index (χ3v) is 19.2. The average Bonchev–Trinajstić information content (AvgIpc) is 0.684. The predicted molar refractivity (Wildman–Crippen MR) is 419 cm³/mol. The Morgan fingerprint density at radius 3 is 0.463 bits per heavy atom. The summed E-state index contributed by atoms with van der Waals surface area (Å²) in [5.74, 6) is 5.83. The predicted octanol–water partition coefficient (Wildman–Crippen LogP) is 21.4. The second kappa shape index (κ2) is 25.3. The molecule has 8 heterocycles. The van der Waals surface area contributed by atoms with Crippen molar-refractivity contribution in [2.45, 2.75) is 0 Å². The molecule has 0 aliphatic heterocycles. The molecule has 506 valence electrons. The van der Waals surface area contributed by atoms with E-state index in [-0.39, 0.29) is 0 Å². The first-order chi connectivity index (χ1) is 53.5. The average molecular weight is 1390 g/mol. The van der Waals surface area contributed by atoms with Crippen LogP contribution < -0.4 is 0 Å². The van der Waals surface area contributed by atoms with Gasteiger partial charge < -0.3 is 17.7 Å². The molecule has 0 aliphatic carbocycles. The zero-order valence-corrected chi connectivity index (χ0v) is 56.9. The lowest BCUT2D eigenvalue weighted by molar-refractivity contribution is 0.597. The molecule has 0 saturated carbocycles. The maximum absolute atomic E-state index is 7.54. The smallest absolute Gasteiger partial charge is 0.200 e. The van der Waals surface area contributed by atoms with E-state index in [1.165, 1.54) is 0 Å². The molecule has 21 rings (SSSR count). The molecule has 21 aromatic rings. The molecule has 18 nitrogen and oxygen atoms in total. The van der Waals surface area contributed by atoms with Crippen LogP contribution in [0, 0.1) is 0 Å². The third-order valence-electron chi connectivity index (χ3n) is 19.2. The van der Waals surface area contributed by atoms with E-state index >= 15 is 0 Å². The molecule has 0 saturated heterocycles. The molecular formula is C90H52N14O4. The van der Waals surface area contributed by atoms with Crippen LogP contribution >= 0.6 is 0 Å². The Bertz CT molecular complexity index is 6070. The molecule has 0 atom stereocenters. The Balaban J connectivity index is 0.870. The van der Waals surface area contributed by atoms with Gasteiger partial charge in [-0.05, 0) is 72.8 Å². The van der Waals surface area contributed by atoms with Gasteiger partial charge in [0, 0.05) is 66.8 Å². The van der Waals surface area contributed by atoms with E-state index in [0.717, 1.165) is 44.5 Å². The van der Waals surface area contributed by atoms with Gasteiger partial charge in [0.1, 0.15) is 11.0 Å². The van der Waals surface area contributed by atoms with Gasteiger partial charge >= 0.3 is 0 Å². The van der Waals surface area contributed by atoms with E-state index in [0.29, 0.717) is 170 Å². The van der Waals surface area contributed by atoms with Crippen LogP contribution in [0.4, 0.5) is 0 Å². The summed E-state index contributed by atoms with van der Waals surface area (Å²) in [5.41, 5.74) is 16.2. The van der Waals surface area contributed by atoms with E-state index < -0.39 is 0 Å². The van der Waals surface area contributed by atoms with Crippen molar-refractivity contribution in [1.82, 2.24) is 68.6 Å². The van der Waals surface area contributed by atoms with Crippen LogP contribution in [0.3, 0.4) is 0 Å². The molecule has 13 aromatic carbocycles. The summed E-state index contributed by atoms with van der Waals surface area (Å²) >= 11 is 0. The van der Waals surface area contributed by atoms with Crippen LogP contribution in [0.1, 0.15) is 0 Å². The summed E-state index contributed by atoms with van der Waals surface area (Å²) in [4.78, 5) is 61.6. The third kappa shape index (κ3) is 10.7. The number of benzene rings is 13. The van der Waals surface area contributed by atoms with Gasteiger partial charge in [0.25, 0.3) is 0 Å². The van der Waals surface area contributed by atoms with Gasteiger partial charge in [-0.3, -0.25) is 8.80 Å². The molecule has 18 heteroatoms. The first-order valence-electron chi connectivity index (χ1n) is 35.1. The largest absolute Gasteiger partial charge is 0.449 e. The minimum absolute atomic E-state index is 0.334. The topological polar surface area (TPSA) is 216 Å². The highest BCUT2D eigenvalue weighted by molar-refractivity contribution is 6.20. The van der Waals surface area contributed by atoms with Crippen LogP contribution in [0.15, 0.2) is 333 Å². The van der Waals surface area contributed by atoms with Crippen LogP contribution in [0.5, 0.6) is 0 Å². The van der Waals surface area contributed by atoms with E-state index in [1.807, 2.05) is 315 Å². The lowest BCUT2D eigenvalue weighted by atomic mass is 10.1. The molecule has 0 N–H and O–H groups in total. The van der Waals surface area contributed by atoms with Gasteiger partial charge in [0.05, 0.1) is 22.1 Å². The van der Waals surface area contributed by atoms with Crippen molar-refractivity contribution in [3.63, 3.8) is 0 Å². The number of aromatic nitrogens is 14. The molecule has 0 aliphatic rings. The monoisotopic (exact) mass is 1390 g/mol. The fourth-order valence-corrected chi connectivity index (χ4v) is 14.0. The summed E-state index contributed by atoms with van der Waals surface area (Å²) in [6.45, 7) is 0. The highest BCUT2D eigenvalue weighted by Crippen LogP contribution is 2.46. The van der Waals surface area contributed by atoms with Gasteiger partial charge in [-0.2, -0.15) is 0 Å². The number of rotatable bonds is 12. The van der Waals surface area contributed by atoms with Crippen molar-refractivity contribution in [1.29, 1.82) is 0 Å². The molecule has 0 spiro atoms. The summed E-state index contributed by atoms with van der Waals surface area (Å²) < 4.78 is 34.4. The van der Waals surface area contributed by atoms with Crippen molar-refractivity contribution in [2.24, 2.45) is 0 Å². The van der Waals surface area contributed by atoms with Gasteiger partial charge in [-0.25, -0.2) is 59.8 Å². The van der Waals surface area contributed by atoms with Gasteiger partial charge in [0.15, 0.2) is 115 Å². The Morgan fingerprint density at radius 2 is 0.306 bits per heavy atom. The Hall–Kier alpha value is -15.3. The van der Waals surface area contributed by atoms with Gasteiger partial charge in [0.2, 0.25) is 0 Å². The van der Waals surface area contributed by atoms with E-state index in [4.69, 9.17) is 77.5 Å². The Labute approximate surface area is 612 Å². The summed E-state index contributed by atoms with van der Waals surface area (Å²) in [6.07, 6.45) is 0. The van der Waals surface area contributed by atoms with Crippen molar-refractivity contribution in [3.8, 4) is 137 Å². The van der Waals surface area contributed by atoms with Gasteiger partial charge in [-0.1, -0.05) is 243 Å². The maximum Gasteiger partial charge on any atom is 0.200 e. The fourth-order valence-electron chi connectivity index (χ4n) is 14.0. The highest BCUT2D eigenvalue weighted by atomic mass is 16.4. The molecule has 0 amide bonds. The van der Waals surface area contributed by atoms with E-state index in [1.54, 1.807) is 0 Å². The number of hydrogen-bond donors (Lipinski definition) is 0. The molecule has 0 radical (unpaired) electrons. The standard InChI is InChI=1S/C90H52N14O4/c1-9-25-53(26-10-1)79-91-80(54-27-11-2-12-28-54)96-87(95-79)61-41-45-65-69(49-61)105-75-73-77(107-70-50-62(42-46-66(70)103(65)73)88-97-81(55-29-13-3-14-30-55)92-82(98-88)56-31-15-4-16-32-56)78-74-76(75)106-71-51-63(89-99-83(57-33-17-5-18-34-57)93-84(100-89)58-35-19-6-20-36-58)43-47-67(71)104(74)68-48-44-64(52-72(68)108-78)90-101-85(59-37-21-7-22-38-59)94-86(102-90)60-39-23-8-24-40-60/h1-52H. The fraction of sp³-hybridized carbons (Fsp3) is 0. The Morgan fingerprint density at radius 1 is 0.157 bits per heavy atom. The zero-order chi connectivity index (χ0) is 71.2. The lowest BCUT2D eigenvalue weighted by Crippen LogP contribution is -2.04. The van der Waals surface area contributed by atoms with E-state index in [2.05, 4.69) is 8.80 Å². The Kier molecular flexibility index (Phi) is 14.4. The SMILES string of the molecule is c1ccc(-c2nc(-c3ccccc3)nc(-c3ccc4c(c3)oc3c5oc6cc(-c7nc(-c8ccccc8)nc(-c8ccccc8)n7)ccc6n6c7ccc(-c8nc(-c9ccccc9)nc(-c9ccccc9)n8)cc7oc(c7oc8cc(-c9nc(-c%10ccccc%10)nc(-c%10ccccc%10)n9)ccc8n4c37)c56)n2)cc1. The quantitative estimate of drug-likeness (QED) is 0.0821. The van der Waals surface area contributed by atoms with Crippen LogP contribution in [0.2, 0.25) is 0 Å². The van der Waals surface area contributed by atoms with Crippen LogP contribution in [-0.4, -0.2) is 68.6 Å². The maximum atomic E-state index is 7.54. The second-order valence-electron chi connectivity index (χ2n) is 26.0. The minimum atomic E-state index is 0.334. The van der Waals surface area contributed by atoms with Crippen molar-refractivity contribution < 1.29 is 17.7 Å². The molecule has 0 unspecified atom stereocenters. The first-order valence-corrected chi connectivity index (χ1v) is 35.1. The molecular weight excluding hydrogens is 1340 g/mol. The molecule has 0 fully saturated rings. The minimum Gasteiger partial charge on any atom is -0.449 e. The van der Waals surface area contributed by atoms with Crippen LogP contribution in [-0.2, 0) is 0 Å². The highest BCUT2D eigenvalue weighted by Gasteiger charge is 2.29. The number of hydrogen-bond acceptors (Lipinski definition) is 16. The van der Waals surface area contributed by atoms with Crippen molar-refractivity contribution >= 4 is 77.8 Å². The van der Waals surface area contributed by atoms with Crippen LogP contribution in [0.25, 0.3) is 214 Å². The van der Waals surface area contributed by atoms with E-state index in [9.17, 15) is 0 Å². The molecule has 8 aromatic heterocycles. The summed E-state index contributed by atoms with van der Waals surface area (Å²) in [6, 6.07) is 103. The lowest BCUT2D eigenvalue weighted by Gasteiger charge is -2.19. The first kappa shape index (κ1) is 61.4.